The summed E-state index contributed by atoms with van der Waals surface area (Å²) >= 11 is 0. The number of benzene rings is 1. The smallest absolute Gasteiger partial charge is 0.250 e. The largest absolute Gasteiger partial charge is 0.274 e. The Labute approximate surface area is 104 Å². The van der Waals surface area contributed by atoms with Crippen LogP contribution in [0.15, 0.2) is 24.3 Å². The van der Waals surface area contributed by atoms with Crippen LogP contribution in [-0.4, -0.2) is 18.9 Å². The topological polar surface area (TPSA) is 26.0 Å². The minimum absolute atomic E-state index is 0.450. The summed E-state index contributed by atoms with van der Waals surface area (Å²) in [6, 6.07) is 9.05. The van der Waals surface area contributed by atoms with Crippen LogP contribution in [0.5, 0.6) is 0 Å². The van der Waals surface area contributed by atoms with Gasteiger partial charge in [0.15, 0.2) is 0 Å². The number of rotatable bonds is 4. The molecule has 1 aliphatic rings. The Morgan fingerprint density at radius 1 is 1.18 bits per heavy atom. The summed E-state index contributed by atoms with van der Waals surface area (Å²) in [4.78, 5) is 3.41. The van der Waals surface area contributed by atoms with Gasteiger partial charge < -0.3 is 0 Å². The van der Waals surface area contributed by atoms with Crippen molar-refractivity contribution in [3.63, 3.8) is 0 Å². The van der Waals surface area contributed by atoms with E-state index in [-0.39, 0.29) is 0 Å². The molecule has 1 aromatic rings. The second-order valence-electron chi connectivity index (χ2n) is 5.33. The van der Waals surface area contributed by atoms with Gasteiger partial charge in [-0.2, -0.15) is 0 Å². The number of amidine groups is 1. The lowest BCUT2D eigenvalue weighted by Gasteiger charge is -2.10. The Hall–Kier alpha value is -1.31. The van der Waals surface area contributed by atoms with Gasteiger partial charge >= 0.3 is 0 Å². The summed E-state index contributed by atoms with van der Waals surface area (Å²) in [6.07, 6.45) is 1.17. The van der Waals surface area contributed by atoms with Crippen molar-refractivity contribution >= 4 is 5.84 Å². The molecule has 0 bridgehead atoms. The van der Waals surface area contributed by atoms with Gasteiger partial charge in [0, 0.05) is 0 Å². The van der Waals surface area contributed by atoms with Gasteiger partial charge in [0.25, 0.3) is 0 Å². The van der Waals surface area contributed by atoms with Gasteiger partial charge in [0.2, 0.25) is 5.84 Å². The third kappa shape index (κ3) is 3.09. The highest BCUT2D eigenvalue weighted by Crippen LogP contribution is 2.17. The first-order chi connectivity index (χ1) is 8.16. The van der Waals surface area contributed by atoms with Crippen LogP contribution in [0, 0.1) is 5.92 Å². The Kier molecular flexibility index (Phi) is 3.82. The summed E-state index contributed by atoms with van der Waals surface area (Å²) in [5.41, 5.74) is 2.82. The summed E-state index contributed by atoms with van der Waals surface area (Å²) in [6.45, 7) is 8.87. The molecule has 0 fully saturated rings. The maximum absolute atomic E-state index is 3.41. The molecule has 2 heteroatoms. The lowest BCUT2D eigenvalue weighted by molar-refractivity contribution is -0.446. The fraction of sp³-hybridized carbons (Fsp3) is 0.533. The molecule has 1 aromatic carbocycles. The SMILES string of the molecule is CC(C)Cc1ccc([C@H](C)C2=[NH+]CCN2)cc1. The van der Waals surface area contributed by atoms with Crippen molar-refractivity contribution in [2.75, 3.05) is 13.1 Å². The second-order valence-corrected chi connectivity index (χ2v) is 5.33. The highest BCUT2D eigenvalue weighted by Gasteiger charge is 2.21. The van der Waals surface area contributed by atoms with Gasteiger partial charge in [-0.25, -0.2) is 0 Å². The van der Waals surface area contributed by atoms with E-state index in [1.807, 2.05) is 0 Å². The molecule has 0 unspecified atom stereocenters. The molecule has 0 aliphatic carbocycles. The molecule has 0 saturated carbocycles. The summed E-state index contributed by atoms with van der Waals surface area (Å²) in [5, 5.41) is 3.41. The molecule has 0 aromatic heterocycles. The first kappa shape index (κ1) is 12.2. The molecule has 1 aliphatic heterocycles. The van der Waals surface area contributed by atoms with E-state index in [0.29, 0.717) is 5.92 Å². The molecule has 0 spiro atoms. The Bertz CT molecular complexity index is 390. The molecular weight excluding hydrogens is 208 g/mol. The maximum atomic E-state index is 3.41. The minimum atomic E-state index is 0.450. The van der Waals surface area contributed by atoms with Gasteiger partial charge in [-0.1, -0.05) is 38.1 Å². The van der Waals surface area contributed by atoms with Crippen molar-refractivity contribution in [3.8, 4) is 0 Å². The predicted octanol–water partition coefficient (Wildman–Crippen LogP) is 1.07. The quantitative estimate of drug-likeness (QED) is 0.796. The Balaban J connectivity index is 2.06. The van der Waals surface area contributed by atoms with Crippen molar-refractivity contribution in [2.45, 2.75) is 33.1 Å². The highest BCUT2D eigenvalue weighted by molar-refractivity contribution is 5.84. The Morgan fingerprint density at radius 2 is 1.88 bits per heavy atom. The van der Waals surface area contributed by atoms with Crippen molar-refractivity contribution < 1.29 is 4.99 Å². The van der Waals surface area contributed by atoms with Gasteiger partial charge in [0.1, 0.15) is 13.1 Å². The first-order valence-electron chi connectivity index (χ1n) is 6.60. The molecule has 17 heavy (non-hydrogen) atoms. The number of hydrogen-bond donors (Lipinski definition) is 2. The van der Waals surface area contributed by atoms with Crippen LogP contribution in [-0.2, 0) is 6.42 Å². The first-order valence-corrected chi connectivity index (χ1v) is 6.60. The van der Waals surface area contributed by atoms with E-state index in [1.165, 1.54) is 23.4 Å². The maximum Gasteiger partial charge on any atom is 0.250 e. The fourth-order valence-corrected chi connectivity index (χ4v) is 2.34. The summed E-state index contributed by atoms with van der Waals surface area (Å²) < 4.78 is 0. The molecular formula is C15H23N2+. The minimum Gasteiger partial charge on any atom is -0.274 e. The van der Waals surface area contributed by atoms with E-state index in [1.54, 1.807) is 0 Å². The van der Waals surface area contributed by atoms with Crippen molar-refractivity contribution in [3.05, 3.63) is 35.4 Å². The van der Waals surface area contributed by atoms with Gasteiger partial charge in [0.05, 0.1) is 5.92 Å². The normalized spacial score (nSPS) is 16.8. The zero-order valence-corrected chi connectivity index (χ0v) is 11.1. The van der Waals surface area contributed by atoms with Crippen molar-refractivity contribution in [2.24, 2.45) is 5.92 Å². The van der Waals surface area contributed by atoms with Crippen LogP contribution in [0.25, 0.3) is 0 Å². The van der Waals surface area contributed by atoms with E-state index in [9.17, 15) is 0 Å². The van der Waals surface area contributed by atoms with Crippen LogP contribution < -0.4 is 10.3 Å². The van der Waals surface area contributed by atoms with Crippen LogP contribution in [0.1, 0.15) is 37.8 Å². The molecule has 0 radical (unpaired) electrons. The monoisotopic (exact) mass is 231 g/mol. The molecule has 1 heterocycles. The lowest BCUT2D eigenvalue weighted by Crippen LogP contribution is -2.71. The van der Waals surface area contributed by atoms with E-state index < -0.39 is 0 Å². The van der Waals surface area contributed by atoms with E-state index >= 15 is 0 Å². The van der Waals surface area contributed by atoms with Gasteiger partial charge in [-0.05, 0) is 30.4 Å². The molecule has 2 N–H and O–H groups in total. The van der Waals surface area contributed by atoms with Crippen molar-refractivity contribution in [1.82, 2.24) is 5.32 Å². The zero-order chi connectivity index (χ0) is 12.3. The average molecular weight is 231 g/mol. The third-order valence-corrected chi connectivity index (χ3v) is 3.31. The van der Waals surface area contributed by atoms with E-state index in [0.717, 1.165) is 19.0 Å². The van der Waals surface area contributed by atoms with Gasteiger partial charge in [-0.3, -0.25) is 10.3 Å². The number of nitrogens with one attached hydrogen (secondary N) is 2. The van der Waals surface area contributed by atoms with Crippen LogP contribution >= 0.6 is 0 Å². The van der Waals surface area contributed by atoms with Crippen molar-refractivity contribution in [1.29, 1.82) is 0 Å². The van der Waals surface area contributed by atoms with Crippen LogP contribution in [0.3, 0.4) is 0 Å². The second kappa shape index (κ2) is 5.35. The standard InChI is InChI=1S/C15H22N2/c1-11(2)10-13-4-6-14(7-5-13)12(3)15-16-8-9-17-15/h4-7,11-12H,8-10H2,1-3H3,(H,16,17)/p+1/t12-/m0/s1. The molecule has 2 nitrogen and oxygen atoms in total. The van der Waals surface area contributed by atoms with E-state index in [2.05, 4.69) is 55.3 Å². The molecule has 92 valence electrons. The zero-order valence-electron chi connectivity index (χ0n) is 11.1. The Morgan fingerprint density at radius 3 is 2.41 bits per heavy atom. The molecule has 0 amide bonds. The average Bonchev–Trinajstić information content (AvgIpc) is 2.82. The van der Waals surface area contributed by atoms with Crippen LogP contribution in [0.2, 0.25) is 0 Å². The fourth-order valence-electron chi connectivity index (χ4n) is 2.34. The summed E-state index contributed by atoms with van der Waals surface area (Å²) in [5.74, 6) is 2.44. The van der Waals surface area contributed by atoms with E-state index in [4.69, 9.17) is 0 Å². The summed E-state index contributed by atoms with van der Waals surface area (Å²) in [7, 11) is 0. The number of hydrogen-bond acceptors (Lipinski definition) is 1. The molecule has 1 atom stereocenters. The third-order valence-electron chi connectivity index (χ3n) is 3.31. The van der Waals surface area contributed by atoms with Crippen LogP contribution in [0.4, 0.5) is 0 Å². The highest BCUT2D eigenvalue weighted by atomic mass is 15.1. The predicted molar refractivity (Wildman–Crippen MR) is 72.2 cm³/mol. The molecule has 2 rings (SSSR count). The van der Waals surface area contributed by atoms with Gasteiger partial charge in [-0.15, -0.1) is 0 Å². The molecule has 0 saturated heterocycles. The lowest BCUT2D eigenvalue weighted by atomic mass is 9.96.